The van der Waals surface area contributed by atoms with Crippen molar-refractivity contribution in [3.8, 4) is 0 Å². The highest BCUT2D eigenvalue weighted by Gasteiger charge is 2.05. The van der Waals surface area contributed by atoms with Crippen molar-refractivity contribution in [3.05, 3.63) is 88.0 Å². The number of aromatic nitrogens is 1. The SMILES string of the molecule is O=C(C=Cc1ccc(F)cc1)OCc1cc2ccccc2[nH]c1=O. The molecule has 1 aromatic heterocycles. The number of benzene rings is 2. The van der Waals surface area contributed by atoms with Gasteiger partial charge in [-0.05, 0) is 41.3 Å². The fourth-order valence-electron chi connectivity index (χ4n) is 2.23. The van der Waals surface area contributed by atoms with Gasteiger partial charge >= 0.3 is 5.97 Å². The Morgan fingerprint density at radius 2 is 1.88 bits per heavy atom. The van der Waals surface area contributed by atoms with Crippen LogP contribution in [0.15, 0.2) is 65.5 Å². The van der Waals surface area contributed by atoms with Crippen LogP contribution < -0.4 is 5.56 Å². The van der Waals surface area contributed by atoms with Crippen molar-refractivity contribution in [2.24, 2.45) is 0 Å². The Labute approximate surface area is 137 Å². The van der Waals surface area contributed by atoms with Gasteiger partial charge in [0.1, 0.15) is 12.4 Å². The van der Waals surface area contributed by atoms with Crippen molar-refractivity contribution in [2.45, 2.75) is 6.61 Å². The number of carbonyl (C=O) groups excluding carboxylic acids is 1. The van der Waals surface area contributed by atoms with Crippen molar-refractivity contribution >= 4 is 22.9 Å². The van der Waals surface area contributed by atoms with Crippen LogP contribution in [0.2, 0.25) is 0 Å². The van der Waals surface area contributed by atoms with Crippen LogP contribution >= 0.6 is 0 Å². The molecule has 0 saturated carbocycles. The molecule has 24 heavy (non-hydrogen) atoms. The molecule has 0 aliphatic heterocycles. The molecule has 0 amide bonds. The smallest absolute Gasteiger partial charge is 0.331 e. The second-order valence-corrected chi connectivity index (χ2v) is 5.20. The largest absolute Gasteiger partial charge is 0.457 e. The highest BCUT2D eigenvalue weighted by Crippen LogP contribution is 2.11. The fourth-order valence-corrected chi connectivity index (χ4v) is 2.23. The molecule has 0 bridgehead atoms. The molecule has 3 rings (SSSR count). The summed E-state index contributed by atoms with van der Waals surface area (Å²) in [5.74, 6) is -0.919. The summed E-state index contributed by atoms with van der Waals surface area (Å²) in [4.78, 5) is 26.4. The van der Waals surface area contributed by atoms with Gasteiger partial charge in [-0.25, -0.2) is 9.18 Å². The van der Waals surface area contributed by atoms with E-state index in [1.165, 1.54) is 24.3 Å². The van der Waals surface area contributed by atoms with Crippen LogP contribution in [0.5, 0.6) is 0 Å². The number of hydrogen-bond donors (Lipinski definition) is 1. The molecule has 0 radical (unpaired) electrons. The van der Waals surface area contributed by atoms with Crippen LogP contribution in [-0.2, 0) is 16.1 Å². The van der Waals surface area contributed by atoms with Crippen LogP contribution in [-0.4, -0.2) is 11.0 Å². The first kappa shape index (κ1) is 15.7. The topological polar surface area (TPSA) is 59.2 Å². The highest BCUT2D eigenvalue weighted by atomic mass is 19.1. The van der Waals surface area contributed by atoms with Gasteiger partial charge in [-0.1, -0.05) is 30.3 Å². The molecule has 0 atom stereocenters. The number of H-pyrrole nitrogens is 1. The molecular formula is C19H14FNO3. The van der Waals surface area contributed by atoms with Crippen LogP contribution in [0.3, 0.4) is 0 Å². The number of rotatable bonds is 4. The third-order valence-corrected chi connectivity index (χ3v) is 3.48. The molecule has 2 aromatic carbocycles. The zero-order valence-electron chi connectivity index (χ0n) is 12.7. The van der Waals surface area contributed by atoms with Gasteiger partial charge in [-0.3, -0.25) is 4.79 Å². The van der Waals surface area contributed by atoms with Crippen molar-refractivity contribution in [1.29, 1.82) is 0 Å². The molecule has 5 heteroatoms. The van der Waals surface area contributed by atoms with Gasteiger partial charge in [0.05, 0.1) is 5.56 Å². The average Bonchev–Trinajstić information content (AvgIpc) is 2.59. The minimum Gasteiger partial charge on any atom is -0.457 e. The summed E-state index contributed by atoms with van der Waals surface area (Å²) < 4.78 is 17.9. The fraction of sp³-hybridized carbons (Fsp3) is 0.0526. The molecule has 0 saturated heterocycles. The van der Waals surface area contributed by atoms with Crippen molar-refractivity contribution < 1.29 is 13.9 Å². The van der Waals surface area contributed by atoms with Crippen LogP contribution in [0.1, 0.15) is 11.1 Å². The Bertz CT molecular complexity index is 958. The zero-order valence-corrected chi connectivity index (χ0v) is 12.7. The summed E-state index contributed by atoms with van der Waals surface area (Å²) in [6.45, 7) is -0.118. The van der Waals surface area contributed by atoms with Gasteiger partial charge in [-0.2, -0.15) is 0 Å². The first-order valence-corrected chi connectivity index (χ1v) is 7.33. The molecule has 4 nitrogen and oxygen atoms in total. The van der Waals surface area contributed by atoms with E-state index < -0.39 is 5.97 Å². The first-order valence-electron chi connectivity index (χ1n) is 7.33. The van der Waals surface area contributed by atoms with Crippen LogP contribution in [0.4, 0.5) is 4.39 Å². The summed E-state index contributed by atoms with van der Waals surface area (Å²) in [6, 6.07) is 14.8. The summed E-state index contributed by atoms with van der Waals surface area (Å²) in [5.41, 5.74) is 1.49. The minimum absolute atomic E-state index is 0.118. The molecule has 1 N–H and O–H groups in total. The standard InChI is InChI=1S/C19H14FNO3/c20-16-8-5-13(6-9-16)7-10-18(22)24-12-15-11-14-3-1-2-4-17(14)21-19(15)23/h1-11H,12H2,(H,21,23). The zero-order chi connectivity index (χ0) is 16.9. The molecule has 3 aromatic rings. The number of carbonyl (C=O) groups is 1. The van der Waals surface area contributed by atoms with E-state index in [9.17, 15) is 14.0 Å². The van der Waals surface area contributed by atoms with E-state index in [0.29, 0.717) is 11.1 Å². The number of pyridine rings is 1. The lowest BCUT2D eigenvalue weighted by molar-refractivity contribution is -0.138. The van der Waals surface area contributed by atoms with Gasteiger partial charge in [0.15, 0.2) is 0 Å². The molecule has 0 fully saturated rings. The van der Waals surface area contributed by atoms with E-state index in [1.807, 2.05) is 18.2 Å². The maximum atomic E-state index is 12.8. The number of fused-ring (bicyclic) bond motifs is 1. The highest BCUT2D eigenvalue weighted by molar-refractivity contribution is 5.87. The van der Waals surface area contributed by atoms with E-state index >= 15 is 0 Å². The van der Waals surface area contributed by atoms with Crippen LogP contribution in [0.25, 0.3) is 17.0 Å². The molecule has 1 heterocycles. The Balaban J connectivity index is 1.67. The second-order valence-electron chi connectivity index (χ2n) is 5.20. The lowest BCUT2D eigenvalue weighted by atomic mass is 10.1. The van der Waals surface area contributed by atoms with Crippen molar-refractivity contribution in [1.82, 2.24) is 4.98 Å². The number of aromatic amines is 1. The molecular weight excluding hydrogens is 309 g/mol. The van der Waals surface area contributed by atoms with Crippen LogP contribution in [0, 0.1) is 5.82 Å². The Morgan fingerprint density at radius 3 is 2.67 bits per heavy atom. The second kappa shape index (κ2) is 6.91. The number of halogens is 1. The van der Waals surface area contributed by atoms with E-state index in [0.717, 1.165) is 10.9 Å². The predicted molar refractivity (Wildman–Crippen MR) is 89.8 cm³/mol. The monoisotopic (exact) mass is 323 g/mol. The third-order valence-electron chi connectivity index (χ3n) is 3.48. The average molecular weight is 323 g/mol. The third kappa shape index (κ3) is 3.76. The number of nitrogens with one attached hydrogen (secondary N) is 1. The maximum absolute atomic E-state index is 12.8. The summed E-state index contributed by atoms with van der Waals surface area (Å²) in [6.07, 6.45) is 2.76. The summed E-state index contributed by atoms with van der Waals surface area (Å²) in [7, 11) is 0. The number of hydrogen-bond acceptors (Lipinski definition) is 3. The maximum Gasteiger partial charge on any atom is 0.331 e. The molecule has 0 aliphatic rings. The van der Waals surface area contributed by atoms with Gasteiger partial charge < -0.3 is 9.72 Å². The van der Waals surface area contributed by atoms with E-state index in [-0.39, 0.29) is 18.0 Å². The van der Waals surface area contributed by atoms with Gasteiger partial charge in [0, 0.05) is 11.6 Å². The van der Waals surface area contributed by atoms with E-state index in [1.54, 1.807) is 24.3 Å². The number of ether oxygens (including phenoxy) is 1. The summed E-state index contributed by atoms with van der Waals surface area (Å²) in [5, 5.41) is 0.866. The first-order chi connectivity index (χ1) is 11.6. The normalized spacial score (nSPS) is 11.0. The quantitative estimate of drug-likeness (QED) is 0.591. The van der Waals surface area contributed by atoms with Gasteiger partial charge in [0.2, 0.25) is 0 Å². The van der Waals surface area contributed by atoms with E-state index in [4.69, 9.17) is 4.74 Å². The molecule has 0 aliphatic carbocycles. The Kier molecular flexibility index (Phi) is 4.52. The molecule has 120 valence electrons. The minimum atomic E-state index is -0.577. The van der Waals surface area contributed by atoms with Crippen molar-refractivity contribution in [3.63, 3.8) is 0 Å². The van der Waals surface area contributed by atoms with Gasteiger partial charge in [-0.15, -0.1) is 0 Å². The summed E-state index contributed by atoms with van der Waals surface area (Å²) >= 11 is 0. The number of esters is 1. The Morgan fingerprint density at radius 1 is 1.12 bits per heavy atom. The van der Waals surface area contributed by atoms with E-state index in [2.05, 4.69) is 4.98 Å². The Hall–Kier alpha value is -3.21. The number of para-hydroxylation sites is 1. The molecule has 0 unspecified atom stereocenters. The molecule has 0 spiro atoms. The lowest BCUT2D eigenvalue weighted by Crippen LogP contribution is -2.14. The van der Waals surface area contributed by atoms with Gasteiger partial charge in [0.25, 0.3) is 5.56 Å². The predicted octanol–water partition coefficient (Wildman–Crippen LogP) is 3.42. The van der Waals surface area contributed by atoms with Crippen molar-refractivity contribution in [2.75, 3.05) is 0 Å². The lowest BCUT2D eigenvalue weighted by Gasteiger charge is -2.04.